The number of amides is 1. The lowest BCUT2D eigenvalue weighted by atomic mass is 9.41. The molecule has 0 aromatic heterocycles. The quantitative estimate of drug-likeness (QED) is 0.766. The summed E-state index contributed by atoms with van der Waals surface area (Å²) in [6.45, 7) is 4.22. The van der Waals surface area contributed by atoms with Crippen molar-refractivity contribution >= 4 is 5.91 Å². The molecule has 4 nitrogen and oxygen atoms in total. The molecule has 142 valence electrons. The number of carbonyl (C=O) groups is 1. The van der Waals surface area contributed by atoms with E-state index in [0.717, 1.165) is 56.8 Å². The van der Waals surface area contributed by atoms with Gasteiger partial charge in [-0.05, 0) is 92.8 Å². The van der Waals surface area contributed by atoms with E-state index in [0.29, 0.717) is 17.8 Å². The van der Waals surface area contributed by atoms with Gasteiger partial charge in [-0.2, -0.15) is 5.26 Å². The van der Waals surface area contributed by atoms with Gasteiger partial charge in [-0.1, -0.05) is 13.8 Å². The highest BCUT2D eigenvalue weighted by Gasteiger charge is 2.65. The molecule has 2 N–H and O–H groups in total. The highest BCUT2D eigenvalue weighted by molar-refractivity contribution is 5.84. The highest BCUT2D eigenvalue weighted by Crippen LogP contribution is 2.70. The smallest absolute Gasteiger partial charge is 0.227 e. The van der Waals surface area contributed by atoms with Crippen molar-refractivity contribution in [3.63, 3.8) is 0 Å². The van der Waals surface area contributed by atoms with E-state index in [-0.39, 0.29) is 17.4 Å². The molecular weight excluding hydrogens is 324 g/mol. The number of fused-ring (bicyclic) bond motifs is 1. The third-order valence-electron chi connectivity index (χ3n) is 9.23. The van der Waals surface area contributed by atoms with E-state index < -0.39 is 11.0 Å². The molecule has 0 radical (unpaired) electrons. The van der Waals surface area contributed by atoms with Crippen LogP contribution in [0.15, 0.2) is 0 Å². The van der Waals surface area contributed by atoms with Crippen LogP contribution in [-0.2, 0) is 4.79 Å². The summed E-state index contributed by atoms with van der Waals surface area (Å²) in [7, 11) is 0. The fourth-order valence-corrected chi connectivity index (χ4v) is 7.63. The van der Waals surface area contributed by atoms with Gasteiger partial charge in [0.05, 0.1) is 17.1 Å². The number of nitrogens with zero attached hydrogens (tertiary/aromatic N) is 1. The van der Waals surface area contributed by atoms with Gasteiger partial charge in [-0.15, -0.1) is 0 Å². The molecule has 4 heteroatoms. The Balaban J connectivity index is 1.36. The van der Waals surface area contributed by atoms with Crippen molar-refractivity contribution in [2.75, 3.05) is 0 Å². The van der Waals surface area contributed by atoms with Gasteiger partial charge < -0.3 is 10.4 Å². The van der Waals surface area contributed by atoms with Crippen LogP contribution in [0.2, 0.25) is 0 Å². The van der Waals surface area contributed by atoms with Crippen LogP contribution < -0.4 is 5.32 Å². The molecule has 4 bridgehead atoms. The maximum absolute atomic E-state index is 13.4. The van der Waals surface area contributed by atoms with Gasteiger partial charge >= 0.3 is 0 Å². The van der Waals surface area contributed by atoms with Crippen molar-refractivity contribution in [2.45, 2.75) is 83.3 Å². The zero-order valence-electron chi connectivity index (χ0n) is 16.1. The summed E-state index contributed by atoms with van der Waals surface area (Å²) in [6.07, 6.45) is 8.97. The number of nitriles is 1. The minimum Gasteiger partial charge on any atom is -0.390 e. The number of nitrogens with one attached hydrogen (secondary N) is 1. The molecule has 6 rings (SSSR count). The normalized spacial score (nSPS) is 50.3. The van der Waals surface area contributed by atoms with Crippen LogP contribution >= 0.6 is 0 Å². The monoisotopic (exact) mass is 356 g/mol. The fourth-order valence-electron chi connectivity index (χ4n) is 7.63. The maximum atomic E-state index is 13.4. The Kier molecular flexibility index (Phi) is 3.44. The standard InChI is InChI=1S/C22H32N2O2/c1-3-20(2,19(25)24-15(11-23)5-16-17-6-18(16)17)21-7-13-4-14(8-21)10-22(26,9-13)12-21/h13-18,26H,3-10,12H2,1-2H3,(H,24,25). The molecule has 0 spiro atoms. The van der Waals surface area contributed by atoms with Crippen molar-refractivity contribution in [1.29, 1.82) is 5.26 Å². The molecule has 6 aliphatic rings. The Bertz CT molecular complexity index is 660. The average molecular weight is 357 g/mol. The zero-order chi connectivity index (χ0) is 18.3. The van der Waals surface area contributed by atoms with Crippen LogP contribution in [0.5, 0.6) is 0 Å². The number of rotatable bonds is 6. The number of hydrogen-bond donors (Lipinski definition) is 2. The number of aliphatic hydroxyl groups is 1. The molecule has 6 saturated carbocycles. The van der Waals surface area contributed by atoms with E-state index in [1.54, 1.807) is 0 Å². The summed E-state index contributed by atoms with van der Waals surface area (Å²) < 4.78 is 0. The van der Waals surface area contributed by atoms with Crippen LogP contribution in [-0.4, -0.2) is 22.7 Å². The van der Waals surface area contributed by atoms with E-state index in [1.807, 2.05) is 0 Å². The number of carbonyl (C=O) groups excluding carboxylic acids is 1. The lowest BCUT2D eigenvalue weighted by molar-refractivity contribution is -0.204. The van der Waals surface area contributed by atoms with E-state index in [2.05, 4.69) is 25.2 Å². The number of hydrogen-bond acceptors (Lipinski definition) is 3. The molecule has 0 saturated heterocycles. The van der Waals surface area contributed by atoms with Crippen LogP contribution in [0.3, 0.4) is 0 Å². The van der Waals surface area contributed by atoms with E-state index in [9.17, 15) is 15.2 Å². The molecule has 1 amide bonds. The summed E-state index contributed by atoms with van der Waals surface area (Å²) >= 11 is 0. The summed E-state index contributed by atoms with van der Waals surface area (Å²) in [5, 5.41) is 23.8. The molecule has 0 aromatic carbocycles. The van der Waals surface area contributed by atoms with E-state index in [1.165, 1.54) is 12.8 Å². The summed E-state index contributed by atoms with van der Waals surface area (Å²) in [5.74, 6) is 3.62. The molecule has 0 aromatic rings. The molecule has 0 heterocycles. The van der Waals surface area contributed by atoms with Crippen molar-refractivity contribution in [3.05, 3.63) is 0 Å². The first-order chi connectivity index (χ1) is 12.3. The first kappa shape index (κ1) is 17.0. The van der Waals surface area contributed by atoms with Gasteiger partial charge in [-0.3, -0.25) is 4.79 Å². The van der Waals surface area contributed by atoms with E-state index >= 15 is 0 Å². The Morgan fingerprint density at radius 2 is 1.92 bits per heavy atom. The lowest BCUT2D eigenvalue weighted by Crippen LogP contribution is -2.63. The molecule has 6 fully saturated rings. The topological polar surface area (TPSA) is 73.1 Å². The molecule has 26 heavy (non-hydrogen) atoms. The van der Waals surface area contributed by atoms with Gasteiger partial charge in [0.25, 0.3) is 0 Å². The molecule has 6 atom stereocenters. The summed E-state index contributed by atoms with van der Waals surface area (Å²) in [6, 6.07) is 2.00. The minimum atomic E-state index is -0.551. The van der Waals surface area contributed by atoms with Crippen molar-refractivity contribution < 1.29 is 9.90 Å². The van der Waals surface area contributed by atoms with Crippen LogP contribution in [0, 0.1) is 51.8 Å². The average Bonchev–Trinajstić information content (AvgIpc) is 3.47. The second-order valence-electron chi connectivity index (χ2n) is 10.8. The summed E-state index contributed by atoms with van der Waals surface area (Å²) in [5.41, 5.74) is -1.13. The molecule has 6 aliphatic carbocycles. The van der Waals surface area contributed by atoms with Crippen molar-refractivity contribution in [1.82, 2.24) is 5.32 Å². The SMILES string of the molecule is CCC(C)(C(=O)NC(C#N)CC1C2CC12)C12CC3CC(CC(O)(C3)C1)C2. The van der Waals surface area contributed by atoms with Crippen LogP contribution in [0.1, 0.15) is 71.6 Å². The Morgan fingerprint density at radius 3 is 2.38 bits per heavy atom. The van der Waals surface area contributed by atoms with Gasteiger partial charge in [-0.25, -0.2) is 0 Å². The lowest BCUT2D eigenvalue weighted by Gasteiger charge is -2.65. The summed E-state index contributed by atoms with van der Waals surface area (Å²) in [4.78, 5) is 13.4. The molecule has 6 unspecified atom stereocenters. The third kappa shape index (κ3) is 2.32. The first-order valence-corrected chi connectivity index (χ1v) is 10.7. The Morgan fingerprint density at radius 1 is 1.27 bits per heavy atom. The highest BCUT2D eigenvalue weighted by atomic mass is 16.3. The van der Waals surface area contributed by atoms with Crippen molar-refractivity contribution in [3.8, 4) is 6.07 Å². The minimum absolute atomic E-state index is 0.0615. The van der Waals surface area contributed by atoms with Gasteiger partial charge in [0.15, 0.2) is 0 Å². The van der Waals surface area contributed by atoms with E-state index in [4.69, 9.17) is 0 Å². The van der Waals surface area contributed by atoms with Gasteiger partial charge in [0.1, 0.15) is 6.04 Å². The predicted octanol–water partition coefficient (Wildman–Crippen LogP) is 3.40. The second kappa shape index (κ2) is 5.25. The van der Waals surface area contributed by atoms with Gasteiger partial charge in [0.2, 0.25) is 5.91 Å². The second-order valence-corrected chi connectivity index (χ2v) is 10.8. The largest absolute Gasteiger partial charge is 0.390 e. The Labute approximate surface area is 156 Å². The third-order valence-corrected chi connectivity index (χ3v) is 9.23. The Hall–Kier alpha value is -1.08. The zero-order valence-corrected chi connectivity index (χ0v) is 16.1. The predicted molar refractivity (Wildman–Crippen MR) is 97.7 cm³/mol. The molecule has 0 aliphatic heterocycles. The first-order valence-electron chi connectivity index (χ1n) is 10.7. The van der Waals surface area contributed by atoms with Crippen molar-refractivity contribution in [2.24, 2.45) is 40.4 Å². The van der Waals surface area contributed by atoms with Crippen LogP contribution in [0.4, 0.5) is 0 Å². The van der Waals surface area contributed by atoms with Gasteiger partial charge in [0, 0.05) is 0 Å². The molecular formula is C22H32N2O2. The van der Waals surface area contributed by atoms with Crippen LogP contribution in [0.25, 0.3) is 0 Å². The maximum Gasteiger partial charge on any atom is 0.227 e. The fraction of sp³-hybridized carbons (Fsp3) is 0.909.